The third-order valence-corrected chi connectivity index (χ3v) is 3.93. The Balaban J connectivity index is 1.97. The minimum atomic E-state index is -0.0694. The predicted molar refractivity (Wildman–Crippen MR) is 70.6 cm³/mol. The van der Waals surface area contributed by atoms with E-state index in [4.69, 9.17) is 5.73 Å². The summed E-state index contributed by atoms with van der Waals surface area (Å²) >= 11 is 0. The van der Waals surface area contributed by atoms with Crippen LogP contribution >= 0.6 is 0 Å². The molecule has 2 N–H and O–H groups in total. The third-order valence-electron chi connectivity index (χ3n) is 3.93. The summed E-state index contributed by atoms with van der Waals surface area (Å²) < 4.78 is 0. The normalized spacial score (nSPS) is 27.3. The number of fused-ring (bicyclic) bond motifs is 1. The number of nitrogens with zero attached hydrogens (tertiary/aromatic N) is 1. The Morgan fingerprint density at radius 3 is 3.12 bits per heavy atom. The molecule has 1 aromatic carbocycles. The molecule has 1 saturated carbocycles. The third kappa shape index (κ3) is 1.73. The van der Waals surface area contributed by atoms with E-state index < -0.39 is 0 Å². The molecule has 0 amide bonds. The summed E-state index contributed by atoms with van der Waals surface area (Å²) in [6.45, 7) is 2.23. The van der Waals surface area contributed by atoms with E-state index in [0.29, 0.717) is 5.92 Å². The zero-order chi connectivity index (χ0) is 11.9. The van der Waals surface area contributed by atoms with Crippen LogP contribution in [0.25, 0.3) is 10.9 Å². The lowest BCUT2D eigenvalue weighted by molar-refractivity contribution is 0.584. The highest BCUT2D eigenvalue weighted by Crippen LogP contribution is 2.52. The first kappa shape index (κ1) is 10.7. The van der Waals surface area contributed by atoms with Gasteiger partial charge in [0.15, 0.2) is 0 Å². The molecule has 2 aromatic rings. The van der Waals surface area contributed by atoms with Crippen LogP contribution in [-0.4, -0.2) is 4.98 Å². The number of hydrogen-bond donors (Lipinski definition) is 1. The van der Waals surface area contributed by atoms with Crippen molar-refractivity contribution in [2.45, 2.75) is 31.7 Å². The summed E-state index contributed by atoms with van der Waals surface area (Å²) in [6, 6.07) is 10.5. The summed E-state index contributed by atoms with van der Waals surface area (Å²) in [7, 11) is 0. The molecular weight excluding hydrogens is 208 g/mol. The van der Waals surface area contributed by atoms with Gasteiger partial charge < -0.3 is 5.73 Å². The summed E-state index contributed by atoms with van der Waals surface area (Å²) in [6.07, 6.45) is 5.42. The molecule has 2 nitrogen and oxygen atoms in total. The van der Waals surface area contributed by atoms with Gasteiger partial charge in [-0.2, -0.15) is 0 Å². The van der Waals surface area contributed by atoms with Gasteiger partial charge in [0.2, 0.25) is 0 Å². The number of benzene rings is 1. The minimum Gasteiger partial charge on any atom is -0.321 e. The maximum atomic E-state index is 6.47. The van der Waals surface area contributed by atoms with E-state index in [1.54, 1.807) is 0 Å². The molecule has 1 aromatic heterocycles. The summed E-state index contributed by atoms with van der Waals surface area (Å²) in [5, 5.41) is 1.19. The second-order valence-corrected chi connectivity index (χ2v) is 5.14. The quantitative estimate of drug-likeness (QED) is 0.872. The molecule has 0 bridgehead atoms. The Labute approximate surface area is 102 Å². The van der Waals surface area contributed by atoms with Gasteiger partial charge in [-0.05, 0) is 42.5 Å². The maximum Gasteiger partial charge on any atom is 0.0702 e. The molecular formula is C15H18N2. The van der Waals surface area contributed by atoms with E-state index in [1.807, 2.05) is 12.3 Å². The van der Waals surface area contributed by atoms with E-state index >= 15 is 0 Å². The fraction of sp³-hybridized carbons (Fsp3) is 0.400. The Bertz CT molecular complexity index is 549. The van der Waals surface area contributed by atoms with Gasteiger partial charge >= 0.3 is 0 Å². The average molecular weight is 226 g/mol. The maximum absolute atomic E-state index is 6.47. The summed E-state index contributed by atoms with van der Waals surface area (Å²) in [5.41, 5.74) is 8.72. The molecule has 1 fully saturated rings. The highest BCUT2D eigenvalue weighted by molar-refractivity contribution is 5.79. The van der Waals surface area contributed by atoms with Gasteiger partial charge in [0.1, 0.15) is 0 Å². The topological polar surface area (TPSA) is 38.9 Å². The number of aromatic nitrogens is 1. The molecule has 17 heavy (non-hydrogen) atoms. The zero-order valence-electron chi connectivity index (χ0n) is 10.2. The Kier molecular flexibility index (Phi) is 2.40. The molecule has 2 unspecified atom stereocenters. The zero-order valence-corrected chi connectivity index (χ0v) is 10.2. The summed E-state index contributed by atoms with van der Waals surface area (Å²) in [4.78, 5) is 4.34. The van der Waals surface area contributed by atoms with Gasteiger partial charge in [0, 0.05) is 17.1 Å². The van der Waals surface area contributed by atoms with Crippen molar-refractivity contribution in [1.29, 1.82) is 0 Å². The van der Waals surface area contributed by atoms with Crippen LogP contribution in [0.15, 0.2) is 36.5 Å². The Morgan fingerprint density at radius 2 is 2.29 bits per heavy atom. The molecule has 1 aliphatic carbocycles. The van der Waals surface area contributed by atoms with E-state index in [9.17, 15) is 0 Å². The number of hydrogen-bond acceptors (Lipinski definition) is 2. The van der Waals surface area contributed by atoms with Crippen LogP contribution in [0, 0.1) is 5.92 Å². The Morgan fingerprint density at radius 1 is 1.41 bits per heavy atom. The van der Waals surface area contributed by atoms with Crippen molar-refractivity contribution in [3.8, 4) is 0 Å². The lowest BCUT2D eigenvalue weighted by atomic mass is 9.99. The van der Waals surface area contributed by atoms with E-state index in [2.05, 4.69) is 36.2 Å². The molecule has 2 atom stereocenters. The van der Waals surface area contributed by atoms with E-state index in [1.165, 1.54) is 23.8 Å². The highest BCUT2D eigenvalue weighted by Gasteiger charge is 2.51. The molecule has 0 spiro atoms. The lowest BCUT2D eigenvalue weighted by Gasteiger charge is -2.12. The van der Waals surface area contributed by atoms with Crippen LogP contribution in [0.4, 0.5) is 0 Å². The molecule has 2 heteroatoms. The fourth-order valence-corrected chi connectivity index (χ4v) is 2.78. The minimum absolute atomic E-state index is 0.0694. The molecule has 3 rings (SSSR count). The number of rotatable bonds is 3. The van der Waals surface area contributed by atoms with Crippen molar-refractivity contribution < 1.29 is 0 Å². The van der Waals surface area contributed by atoms with Crippen molar-refractivity contribution in [2.24, 2.45) is 11.7 Å². The predicted octanol–water partition coefficient (Wildman–Crippen LogP) is 3.21. The first-order chi connectivity index (χ1) is 8.24. The number of nitrogens with two attached hydrogens (primary N) is 1. The number of pyridine rings is 1. The lowest BCUT2D eigenvalue weighted by Crippen LogP contribution is -2.22. The SMILES string of the molecule is CCCC1CC1(N)c1ccc2ncccc2c1. The van der Waals surface area contributed by atoms with Gasteiger partial charge in [-0.3, -0.25) is 4.98 Å². The van der Waals surface area contributed by atoms with Crippen molar-refractivity contribution >= 4 is 10.9 Å². The van der Waals surface area contributed by atoms with Crippen molar-refractivity contribution in [3.05, 3.63) is 42.1 Å². The smallest absolute Gasteiger partial charge is 0.0702 e. The standard InChI is InChI=1S/C15H18N2/c1-2-4-13-10-15(13,16)12-6-7-14-11(9-12)5-3-8-17-14/h3,5-9,13H,2,4,10,16H2,1H3. The van der Waals surface area contributed by atoms with Crippen molar-refractivity contribution in [2.75, 3.05) is 0 Å². The second-order valence-electron chi connectivity index (χ2n) is 5.14. The van der Waals surface area contributed by atoms with Crippen LogP contribution in [0.1, 0.15) is 31.7 Å². The Hall–Kier alpha value is -1.41. The largest absolute Gasteiger partial charge is 0.321 e. The van der Waals surface area contributed by atoms with Crippen LogP contribution in [0.2, 0.25) is 0 Å². The second kappa shape index (κ2) is 3.81. The first-order valence-electron chi connectivity index (χ1n) is 6.38. The monoisotopic (exact) mass is 226 g/mol. The first-order valence-corrected chi connectivity index (χ1v) is 6.38. The van der Waals surface area contributed by atoms with Crippen molar-refractivity contribution in [1.82, 2.24) is 4.98 Å². The van der Waals surface area contributed by atoms with Gasteiger partial charge in [0.25, 0.3) is 0 Å². The van der Waals surface area contributed by atoms with Gasteiger partial charge in [0.05, 0.1) is 5.52 Å². The van der Waals surface area contributed by atoms with Gasteiger partial charge in [-0.15, -0.1) is 0 Å². The van der Waals surface area contributed by atoms with Crippen LogP contribution in [0.5, 0.6) is 0 Å². The average Bonchev–Trinajstić information content (AvgIpc) is 3.01. The highest BCUT2D eigenvalue weighted by atomic mass is 14.9. The molecule has 0 aliphatic heterocycles. The molecule has 1 heterocycles. The molecule has 0 radical (unpaired) electrons. The fourth-order valence-electron chi connectivity index (χ4n) is 2.78. The van der Waals surface area contributed by atoms with Gasteiger partial charge in [-0.25, -0.2) is 0 Å². The van der Waals surface area contributed by atoms with E-state index in [0.717, 1.165) is 11.9 Å². The van der Waals surface area contributed by atoms with Crippen LogP contribution in [-0.2, 0) is 5.54 Å². The molecule has 88 valence electrons. The van der Waals surface area contributed by atoms with Gasteiger partial charge in [-0.1, -0.05) is 25.5 Å². The summed E-state index contributed by atoms with van der Waals surface area (Å²) in [5.74, 6) is 0.668. The van der Waals surface area contributed by atoms with E-state index in [-0.39, 0.29) is 5.54 Å². The molecule has 1 aliphatic rings. The molecule has 0 saturated heterocycles. The van der Waals surface area contributed by atoms with Crippen molar-refractivity contribution in [3.63, 3.8) is 0 Å². The van der Waals surface area contributed by atoms with Crippen LogP contribution < -0.4 is 5.73 Å². The van der Waals surface area contributed by atoms with Crippen LogP contribution in [0.3, 0.4) is 0 Å².